The van der Waals surface area contributed by atoms with Gasteiger partial charge in [-0.15, -0.1) is 0 Å². The standard InChI is InChI=1S/C22H17F4N3O/c23-16-10-14(9-15(12-16)22(24,25)26)8-13-4-6-28-20(11-13)29-7-5-17-18(21(27)30)2-1-3-19(17)29/h1-4,6,9-12H,5,7-8H2,(H2,27,30). The molecule has 2 aromatic carbocycles. The number of pyridine rings is 1. The number of carbonyl (C=O) groups is 1. The number of amides is 1. The zero-order valence-corrected chi connectivity index (χ0v) is 15.7. The van der Waals surface area contributed by atoms with Crippen molar-refractivity contribution < 1.29 is 22.4 Å². The van der Waals surface area contributed by atoms with Gasteiger partial charge in [0.1, 0.15) is 11.6 Å². The third-order valence-electron chi connectivity index (χ3n) is 5.07. The van der Waals surface area contributed by atoms with E-state index in [0.29, 0.717) is 36.0 Å². The highest BCUT2D eigenvalue weighted by molar-refractivity contribution is 5.96. The lowest BCUT2D eigenvalue weighted by Crippen LogP contribution is -2.15. The molecule has 0 unspecified atom stereocenters. The van der Waals surface area contributed by atoms with E-state index in [2.05, 4.69) is 4.98 Å². The second kappa shape index (κ2) is 7.44. The molecule has 0 fully saturated rings. The van der Waals surface area contributed by atoms with E-state index < -0.39 is 23.5 Å². The maximum absolute atomic E-state index is 13.7. The number of hydrogen-bond donors (Lipinski definition) is 1. The van der Waals surface area contributed by atoms with Crippen LogP contribution in [0.4, 0.5) is 29.1 Å². The minimum Gasteiger partial charge on any atom is -0.366 e. The zero-order chi connectivity index (χ0) is 21.5. The van der Waals surface area contributed by atoms with E-state index in [1.165, 1.54) is 0 Å². The van der Waals surface area contributed by atoms with Gasteiger partial charge in [0.2, 0.25) is 5.91 Å². The number of rotatable bonds is 4. The number of halogens is 4. The number of alkyl halides is 3. The van der Waals surface area contributed by atoms with Crippen LogP contribution in [-0.4, -0.2) is 17.4 Å². The van der Waals surface area contributed by atoms with Gasteiger partial charge >= 0.3 is 6.18 Å². The van der Waals surface area contributed by atoms with Crippen LogP contribution in [0, 0.1) is 5.82 Å². The number of benzene rings is 2. The molecule has 8 heteroatoms. The summed E-state index contributed by atoms with van der Waals surface area (Å²) in [5.41, 5.74) is 7.48. The number of carbonyl (C=O) groups excluding carboxylic acids is 1. The SMILES string of the molecule is NC(=O)c1cccc2c1CCN2c1cc(Cc2cc(F)cc(C(F)(F)F)c2)ccn1. The fourth-order valence-corrected chi connectivity index (χ4v) is 3.77. The van der Waals surface area contributed by atoms with Gasteiger partial charge in [-0.2, -0.15) is 13.2 Å². The molecule has 1 aliphatic rings. The van der Waals surface area contributed by atoms with Crippen molar-refractivity contribution in [2.45, 2.75) is 19.0 Å². The summed E-state index contributed by atoms with van der Waals surface area (Å²) in [4.78, 5) is 18.0. The Morgan fingerprint density at radius 3 is 2.63 bits per heavy atom. The summed E-state index contributed by atoms with van der Waals surface area (Å²) in [6, 6.07) is 11.3. The van der Waals surface area contributed by atoms with E-state index in [-0.39, 0.29) is 12.0 Å². The predicted octanol–water partition coefficient (Wildman–Crippen LogP) is 4.62. The number of anilines is 2. The predicted molar refractivity (Wildman–Crippen MR) is 104 cm³/mol. The summed E-state index contributed by atoms with van der Waals surface area (Å²) in [6.07, 6.45) is -2.31. The summed E-state index contributed by atoms with van der Waals surface area (Å²) in [5, 5.41) is 0. The van der Waals surface area contributed by atoms with Gasteiger partial charge in [0.25, 0.3) is 0 Å². The van der Waals surface area contributed by atoms with Gasteiger partial charge in [-0.25, -0.2) is 9.37 Å². The van der Waals surface area contributed by atoms with Crippen molar-refractivity contribution in [3.05, 3.63) is 88.4 Å². The first-order valence-electron chi connectivity index (χ1n) is 9.23. The number of fused-ring (bicyclic) bond motifs is 1. The van der Waals surface area contributed by atoms with Gasteiger partial charge in [0.15, 0.2) is 0 Å². The van der Waals surface area contributed by atoms with Crippen molar-refractivity contribution in [2.75, 3.05) is 11.4 Å². The third kappa shape index (κ3) is 3.85. The molecule has 2 N–H and O–H groups in total. The normalized spacial score (nSPS) is 13.4. The molecule has 4 nitrogen and oxygen atoms in total. The fraction of sp³-hybridized carbons (Fsp3) is 0.182. The van der Waals surface area contributed by atoms with Crippen LogP contribution in [-0.2, 0) is 19.0 Å². The fourth-order valence-electron chi connectivity index (χ4n) is 3.77. The van der Waals surface area contributed by atoms with Crippen LogP contribution in [0.25, 0.3) is 0 Å². The van der Waals surface area contributed by atoms with Gasteiger partial charge in [-0.1, -0.05) is 6.07 Å². The highest BCUT2D eigenvalue weighted by atomic mass is 19.4. The van der Waals surface area contributed by atoms with E-state index in [9.17, 15) is 22.4 Å². The average molecular weight is 415 g/mol. The monoisotopic (exact) mass is 415 g/mol. The maximum atomic E-state index is 13.7. The van der Waals surface area contributed by atoms with Crippen molar-refractivity contribution in [3.63, 3.8) is 0 Å². The molecule has 4 rings (SSSR count). The number of nitrogens with two attached hydrogens (primary N) is 1. The Morgan fingerprint density at radius 1 is 1.10 bits per heavy atom. The third-order valence-corrected chi connectivity index (χ3v) is 5.07. The molecule has 154 valence electrons. The molecule has 0 atom stereocenters. The summed E-state index contributed by atoms with van der Waals surface area (Å²) < 4.78 is 52.6. The van der Waals surface area contributed by atoms with Crippen molar-refractivity contribution >= 4 is 17.4 Å². The summed E-state index contributed by atoms with van der Waals surface area (Å²) in [6.45, 7) is 0.592. The number of nitrogens with zero attached hydrogens (tertiary/aromatic N) is 2. The lowest BCUT2D eigenvalue weighted by molar-refractivity contribution is -0.137. The smallest absolute Gasteiger partial charge is 0.366 e. The largest absolute Gasteiger partial charge is 0.416 e. The molecule has 3 aromatic rings. The van der Waals surface area contributed by atoms with Crippen molar-refractivity contribution in [1.82, 2.24) is 4.98 Å². The molecule has 0 spiro atoms. The van der Waals surface area contributed by atoms with Crippen molar-refractivity contribution in [1.29, 1.82) is 0 Å². The minimum atomic E-state index is -4.61. The van der Waals surface area contributed by atoms with Gasteiger partial charge < -0.3 is 10.6 Å². The second-order valence-electron chi connectivity index (χ2n) is 7.11. The average Bonchev–Trinajstić information content (AvgIpc) is 3.11. The van der Waals surface area contributed by atoms with Gasteiger partial charge in [0.05, 0.1) is 5.56 Å². The Hall–Kier alpha value is -3.42. The Kier molecular flexibility index (Phi) is 4.93. The number of primary amides is 1. The number of hydrogen-bond acceptors (Lipinski definition) is 3. The van der Waals surface area contributed by atoms with E-state index >= 15 is 0 Å². The molecule has 2 heterocycles. The van der Waals surface area contributed by atoms with Crippen LogP contribution in [0.3, 0.4) is 0 Å². The Labute approximate surface area is 170 Å². The van der Waals surface area contributed by atoms with E-state index in [0.717, 1.165) is 23.4 Å². The zero-order valence-electron chi connectivity index (χ0n) is 15.7. The first kappa shape index (κ1) is 19.9. The van der Waals surface area contributed by atoms with Crippen LogP contribution >= 0.6 is 0 Å². The van der Waals surface area contributed by atoms with Gasteiger partial charge in [-0.3, -0.25) is 4.79 Å². The Bertz CT molecular complexity index is 1130. The summed E-state index contributed by atoms with van der Waals surface area (Å²) >= 11 is 0. The molecule has 0 aliphatic carbocycles. The molecular formula is C22H17F4N3O. The quantitative estimate of drug-likeness (QED) is 0.633. The molecule has 1 aliphatic heterocycles. The lowest BCUT2D eigenvalue weighted by Gasteiger charge is -2.19. The van der Waals surface area contributed by atoms with Crippen LogP contribution < -0.4 is 10.6 Å². The van der Waals surface area contributed by atoms with Crippen LogP contribution in [0.5, 0.6) is 0 Å². The molecule has 30 heavy (non-hydrogen) atoms. The molecule has 0 saturated carbocycles. The van der Waals surface area contributed by atoms with Gasteiger partial charge in [-0.05, 0) is 72.0 Å². The van der Waals surface area contributed by atoms with Crippen LogP contribution in [0.1, 0.15) is 32.6 Å². The van der Waals surface area contributed by atoms with E-state index in [1.54, 1.807) is 30.5 Å². The highest BCUT2D eigenvalue weighted by Crippen LogP contribution is 2.36. The second-order valence-corrected chi connectivity index (χ2v) is 7.11. The topological polar surface area (TPSA) is 59.2 Å². The Morgan fingerprint density at radius 2 is 1.90 bits per heavy atom. The summed E-state index contributed by atoms with van der Waals surface area (Å²) in [5.74, 6) is -0.830. The molecule has 0 radical (unpaired) electrons. The van der Waals surface area contributed by atoms with Crippen LogP contribution in [0.2, 0.25) is 0 Å². The minimum absolute atomic E-state index is 0.123. The first-order chi connectivity index (χ1) is 14.2. The molecule has 1 aromatic heterocycles. The lowest BCUT2D eigenvalue weighted by atomic mass is 10.0. The highest BCUT2D eigenvalue weighted by Gasteiger charge is 2.31. The first-order valence-corrected chi connectivity index (χ1v) is 9.23. The molecule has 0 bridgehead atoms. The van der Waals surface area contributed by atoms with E-state index in [1.807, 2.05) is 11.0 Å². The molecular weight excluding hydrogens is 398 g/mol. The molecule has 1 amide bonds. The van der Waals surface area contributed by atoms with Crippen molar-refractivity contribution in [2.24, 2.45) is 5.73 Å². The Balaban J connectivity index is 1.64. The maximum Gasteiger partial charge on any atom is 0.416 e. The van der Waals surface area contributed by atoms with Crippen LogP contribution in [0.15, 0.2) is 54.7 Å². The van der Waals surface area contributed by atoms with Gasteiger partial charge in [0, 0.05) is 24.0 Å². The summed E-state index contributed by atoms with van der Waals surface area (Å²) in [7, 11) is 0. The van der Waals surface area contributed by atoms with E-state index in [4.69, 9.17) is 5.73 Å². The molecule has 0 saturated heterocycles. The van der Waals surface area contributed by atoms with Crippen molar-refractivity contribution in [3.8, 4) is 0 Å². The number of aromatic nitrogens is 1.